The number of hydrogen-bond acceptors (Lipinski definition) is 5. The Morgan fingerprint density at radius 2 is 1.50 bits per heavy atom. The van der Waals surface area contributed by atoms with Crippen LogP contribution in [0.25, 0.3) is 0 Å². The summed E-state index contributed by atoms with van der Waals surface area (Å²) in [6.45, 7) is 5.90. The maximum atomic E-state index is 11.1. The monoisotopic (exact) mass is 263 g/mol. The molecule has 0 radical (unpaired) electrons. The van der Waals surface area contributed by atoms with Gasteiger partial charge in [-0.25, -0.2) is 0 Å². The molecule has 0 saturated heterocycles. The van der Waals surface area contributed by atoms with Gasteiger partial charge >= 0.3 is 0 Å². The Morgan fingerprint density at radius 3 is 2.06 bits per heavy atom. The highest BCUT2D eigenvalue weighted by atomic mass is 16.6. The van der Waals surface area contributed by atoms with Gasteiger partial charge in [-0.15, -0.1) is 0 Å². The van der Waals surface area contributed by atoms with E-state index >= 15 is 0 Å². The minimum atomic E-state index is -0.0836. The Hall–Kier alpha value is -0.690. The van der Waals surface area contributed by atoms with Crippen LogP contribution in [0.1, 0.15) is 13.3 Å². The maximum Gasteiger partial charge on any atom is 0.245 e. The lowest BCUT2D eigenvalue weighted by Crippen LogP contribution is -2.28. The molecule has 1 N–H and O–H groups in total. The molecule has 0 unspecified atom stereocenters. The van der Waals surface area contributed by atoms with Gasteiger partial charge in [-0.1, -0.05) is 6.92 Å². The molecular weight excluding hydrogens is 238 g/mol. The van der Waals surface area contributed by atoms with Crippen LogP contribution in [-0.4, -0.2) is 65.8 Å². The predicted molar refractivity (Wildman–Crippen MR) is 67.6 cm³/mol. The van der Waals surface area contributed by atoms with Crippen molar-refractivity contribution in [3.63, 3.8) is 0 Å². The quantitative estimate of drug-likeness (QED) is 0.481. The van der Waals surface area contributed by atoms with E-state index in [1.54, 1.807) is 7.11 Å². The first-order valence-electron chi connectivity index (χ1n) is 6.30. The largest absolute Gasteiger partial charge is 0.382 e. The molecule has 0 fully saturated rings. The molecule has 0 aromatic heterocycles. The second-order valence-electron chi connectivity index (χ2n) is 3.62. The molecule has 0 spiro atoms. The van der Waals surface area contributed by atoms with Crippen molar-refractivity contribution in [3.8, 4) is 0 Å². The van der Waals surface area contributed by atoms with Crippen LogP contribution in [0.3, 0.4) is 0 Å². The van der Waals surface area contributed by atoms with Gasteiger partial charge in [0, 0.05) is 13.7 Å². The lowest BCUT2D eigenvalue weighted by atomic mass is 10.5. The fourth-order valence-corrected chi connectivity index (χ4v) is 1.06. The van der Waals surface area contributed by atoms with E-state index in [1.165, 1.54) is 0 Å². The smallest absolute Gasteiger partial charge is 0.245 e. The minimum Gasteiger partial charge on any atom is -0.382 e. The lowest BCUT2D eigenvalue weighted by molar-refractivity contribution is -0.126. The van der Waals surface area contributed by atoms with Crippen LogP contribution < -0.4 is 5.32 Å². The Balaban J connectivity index is 3.04. The molecule has 6 nitrogen and oxygen atoms in total. The highest BCUT2D eigenvalue weighted by Crippen LogP contribution is 1.82. The molecule has 1 amide bonds. The van der Waals surface area contributed by atoms with Crippen LogP contribution in [0.2, 0.25) is 0 Å². The van der Waals surface area contributed by atoms with Gasteiger partial charge in [0.25, 0.3) is 0 Å². The summed E-state index contributed by atoms with van der Waals surface area (Å²) in [5, 5.41) is 2.73. The summed E-state index contributed by atoms with van der Waals surface area (Å²) in [5.41, 5.74) is 0. The van der Waals surface area contributed by atoms with Crippen molar-refractivity contribution in [2.45, 2.75) is 13.3 Å². The van der Waals surface area contributed by atoms with Crippen molar-refractivity contribution >= 4 is 5.91 Å². The summed E-state index contributed by atoms with van der Waals surface area (Å²) in [7, 11) is 1.63. The van der Waals surface area contributed by atoms with Crippen molar-refractivity contribution in [2.24, 2.45) is 0 Å². The van der Waals surface area contributed by atoms with Crippen molar-refractivity contribution in [3.05, 3.63) is 0 Å². The van der Waals surface area contributed by atoms with Crippen molar-refractivity contribution in [1.82, 2.24) is 5.32 Å². The van der Waals surface area contributed by atoms with Gasteiger partial charge in [0.15, 0.2) is 0 Å². The second-order valence-corrected chi connectivity index (χ2v) is 3.62. The van der Waals surface area contributed by atoms with E-state index in [0.29, 0.717) is 46.2 Å². The number of amides is 1. The summed E-state index contributed by atoms with van der Waals surface area (Å²) in [4.78, 5) is 11.1. The SMILES string of the molecule is CCCNC(=O)COCCOCCOCCOC. The Kier molecular flexibility index (Phi) is 13.8. The highest BCUT2D eigenvalue weighted by molar-refractivity contribution is 5.77. The zero-order chi connectivity index (χ0) is 13.5. The normalized spacial score (nSPS) is 10.6. The summed E-state index contributed by atoms with van der Waals surface area (Å²) in [6, 6.07) is 0. The first-order chi connectivity index (χ1) is 8.81. The standard InChI is InChI=1S/C12H25NO5/c1-3-4-13-12(14)11-18-10-9-17-8-7-16-6-5-15-2/h3-11H2,1-2H3,(H,13,14). The van der Waals surface area contributed by atoms with Crippen molar-refractivity contribution in [2.75, 3.05) is 59.9 Å². The Bertz CT molecular complexity index is 189. The molecule has 6 heteroatoms. The van der Waals surface area contributed by atoms with Crippen molar-refractivity contribution < 1.29 is 23.7 Å². The minimum absolute atomic E-state index is 0.0836. The van der Waals surface area contributed by atoms with E-state index in [9.17, 15) is 4.79 Å². The van der Waals surface area contributed by atoms with Crippen LogP contribution >= 0.6 is 0 Å². The average molecular weight is 263 g/mol. The van der Waals surface area contributed by atoms with E-state index in [-0.39, 0.29) is 12.5 Å². The van der Waals surface area contributed by atoms with Gasteiger partial charge in [0.2, 0.25) is 5.91 Å². The zero-order valence-corrected chi connectivity index (χ0v) is 11.4. The molecule has 0 aliphatic carbocycles. The molecule has 0 atom stereocenters. The van der Waals surface area contributed by atoms with E-state index < -0.39 is 0 Å². The van der Waals surface area contributed by atoms with Crippen molar-refractivity contribution in [1.29, 1.82) is 0 Å². The Labute approximate surface area is 109 Å². The second kappa shape index (κ2) is 14.4. The van der Waals surface area contributed by atoms with Gasteiger partial charge in [0.1, 0.15) is 6.61 Å². The fraction of sp³-hybridized carbons (Fsp3) is 0.917. The molecule has 0 bridgehead atoms. The van der Waals surface area contributed by atoms with E-state index in [2.05, 4.69) is 5.32 Å². The first-order valence-corrected chi connectivity index (χ1v) is 6.30. The number of ether oxygens (including phenoxy) is 4. The number of carbonyl (C=O) groups is 1. The molecule has 0 rings (SSSR count). The highest BCUT2D eigenvalue weighted by Gasteiger charge is 1.99. The summed E-state index contributed by atoms with van der Waals surface area (Å²) < 4.78 is 20.4. The van der Waals surface area contributed by atoms with Gasteiger partial charge in [0.05, 0.1) is 39.6 Å². The summed E-state index contributed by atoms with van der Waals surface area (Å²) in [5.74, 6) is -0.0836. The molecular formula is C12H25NO5. The van der Waals surface area contributed by atoms with Crippen LogP contribution in [0.5, 0.6) is 0 Å². The lowest BCUT2D eigenvalue weighted by Gasteiger charge is -2.07. The summed E-state index contributed by atoms with van der Waals surface area (Å²) in [6.07, 6.45) is 0.928. The molecule has 0 aromatic carbocycles. The number of hydrogen-bond donors (Lipinski definition) is 1. The van der Waals surface area contributed by atoms with Gasteiger partial charge in [-0.3, -0.25) is 4.79 Å². The third-order valence-electron chi connectivity index (χ3n) is 1.98. The molecule has 0 heterocycles. The predicted octanol–water partition coefficient (Wildman–Crippen LogP) is 0.209. The number of methoxy groups -OCH3 is 1. The van der Waals surface area contributed by atoms with Gasteiger partial charge in [-0.2, -0.15) is 0 Å². The van der Waals surface area contributed by atoms with E-state index in [0.717, 1.165) is 6.42 Å². The number of carbonyl (C=O) groups excluding carboxylic acids is 1. The molecule has 0 aliphatic rings. The molecule has 0 aliphatic heterocycles. The zero-order valence-electron chi connectivity index (χ0n) is 11.4. The molecule has 0 aromatic rings. The van der Waals surface area contributed by atoms with E-state index in [1.807, 2.05) is 6.92 Å². The van der Waals surface area contributed by atoms with Crippen LogP contribution in [0.15, 0.2) is 0 Å². The maximum absolute atomic E-state index is 11.1. The van der Waals surface area contributed by atoms with Crippen LogP contribution in [0, 0.1) is 0 Å². The number of nitrogens with one attached hydrogen (secondary N) is 1. The molecule has 18 heavy (non-hydrogen) atoms. The van der Waals surface area contributed by atoms with Crippen LogP contribution in [-0.2, 0) is 23.7 Å². The molecule has 0 saturated carbocycles. The third kappa shape index (κ3) is 13.4. The average Bonchev–Trinajstić information content (AvgIpc) is 2.38. The fourth-order valence-electron chi connectivity index (χ4n) is 1.06. The van der Waals surface area contributed by atoms with Gasteiger partial charge < -0.3 is 24.3 Å². The molecule has 108 valence electrons. The first kappa shape index (κ1) is 17.3. The van der Waals surface area contributed by atoms with Crippen LogP contribution in [0.4, 0.5) is 0 Å². The van der Waals surface area contributed by atoms with Gasteiger partial charge in [-0.05, 0) is 6.42 Å². The Morgan fingerprint density at radius 1 is 0.944 bits per heavy atom. The topological polar surface area (TPSA) is 66.0 Å². The third-order valence-corrected chi connectivity index (χ3v) is 1.98. The number of rotatable bonds is 13. The summed E-state index contributed by atoms with van der Waals surface area (Å²) >= 11 is 0. The van der Waals surface area contributed by atoms with E-state index in [4.69, 9.17) is 18.9 Å².